The maximum atomic E-state index is 13.7. The molecule has 1 aromatic carbocycles. The lowest BCUT2D eigenvalue weighted by molar-refractivity contribution is 0.0674. The lowest BCUT2D eigenvalue weighted by Crippen LogP contribution is -2.22. The van der Waals surface area contributed by atoms with Crippen molar-refractivity contribution in [3.05, 3.63) is 24.0 Å². The second kappa shape index (κ2) is 6.31. The molecule has 0 aliphatic rings. The van der Waals surface area contributed by atoms with Gasteiger partial charge in [-0.1, -0.05) is 25.7 Å². The van der Waals surface area contributed by atoms with E-state index in [0.29, 0.717) is 6.61 Å². The Balaban J connectivity index is 1.97. The van der Waals surface area contributed by atoms with Crippen molar-refractivity contribution < 1.29 is 14.2 Å². The van der Waals surface area contributed by atoms with E-state index in [9.17, 15) is 9.50 Å². The van der Waals surface area contributed by atoms with E-state index >= 15 is 0 Å². The van der Waals surface area contributed by atoms with Crippen LogP contribution in [0.1, 0.15) is 0 Å². The molecule has 0 unspecified atom stereocenters. The normalized spacial score (nSPS) is 11.8. The highest BCUT2D eigenvalue weighted by atomic mass is 28.3. The number of aromatic hydroxyl groups is 1. The molecule has 0 saturated carbocycles. The summed E-state index contributed by atoms with van der Waals surface area (Å²) in [5, 5.41) is 21.0. The van der Waals surface area contributed by atoms with Gasteiger partial charge in [-0.2, -0.15) is 0 Å². The van der Waals surface area contributed by atoms with Crippen LogP contribution in [0.5, 0.6) is 5.75 Å². The predicted octanol–water partition coefficient (Wildman–Crippen LogP) is 2.50. The monoisotopic (exact) mass is 310 g/mol. The molecular formula is C13H19FN4O2Si. The SMILES string of the molecule is C[Si](C)(C)CCOCn1nnc(-c2cccc(O)c2F)n1. The number of tetrazole rings is 1. The van der Waals surface area contributed by atoms with E-state index in [0.717, 1.165) is 6.04 Å². The van der Waals surface area contributed by atoms with Crippen molar-refractivity contribution in [1.82, 2.24) is 20.2 Å². The summed E-state index contributed by atoms with van der Waals surface area (Å²) in [5.41, 5.74) is 0.114. The van der Waals surface area contributed by atoms with Crippen molar-refractivity contribution in [3.63, 3.8) is 0 Å². The van der Waals surface area contributed by atoms with Gasteiger partial charge >= 0.3 is 0 Å². The van der Waals surface area contributed by atoms with Crippen LogP contribution in [0.15, 0.2) is 18.2 Å². The molecule has 1 aromatic heterocycles. The van der Waals surface area contributed by atoms with Crippen LogP contribution in [0.25, 0.3) is 11.4 Å². The third-order valence-electron chi connectivity index (χ3n) is 2.88. The van der Waals surface area contributed by atoms with E-state index in [1.807, 2.05) is 0 Å². The molecule has 0 aliphatic carbocycles. The van der Waals surface area contributed by atoms with E-state index in [4.69, 9.17) is 4.74 Å². The zero-order valence-corrected chi connectivity index (χ0v) is 13.4. The fourth-order valence-corrected chi connectivity index (χ4v) is 2.38. The smallest absolute Gasteiger partial charge is 0.208 e. The number of ether oxygens (including phenoxy) is 1. The summed E-state index contributed by atoms with van der Waals surface area (Å²) in [6.07, 6.45) is 0. The molecule has 0 fully saturated rings. The van der Waals surface area contributed by atoms with Gasteiger partial charge in [-0.05, 0) is 23.4 Å². The zero-order chi connectivity index (χ0) is 15.5. The molecule has 1 N–H and O–H groups in total. The number of nitrogens with zero attached hydrogens (tertiary/aromatic N) is 4. The van der Waals surface area contributed by atoms with Gasteiger partial charge in [0.2, 0.25) is 5.82 Å². The minimum atomic E-state index is -1.12. The summed E-state index contributed by atoms with van der Waals surface area (Å²) in [7, 11) is -1.12. The molecule has 0 atom stereocenters. The molecule has 21 heavy (non-hydrogen) atoms. The van der Waals surface area contributed by atoms with Crippen molar-refractivity contribution in [2.45, 2.75) is 32.4 Å². The molecule has 0 aliphatic heterocycles. The molecule has 0 spiro atoms. The van der Waals surface area contributed by atoms with E-state index in [2.05, 4.69) is 35.1 Å². The second-order valence-electron chi connectivity index (χ2n) is 5.97. The van der Waals surface area contributed by atoms with E-state index in [1.165, 1.54) is 23.0 Å². The number of rotatable bonds is 6. The summed E-state index contributed by atoms with van der Waals surface area (Å²) >= 11 is 0. The van der Waals surface area contributed by atoms with Gasteiger partial charge in [-0.25, -0.2) is 4.39 Å². The maximum Gasteiger partial charge on any atom is 0.208 e. The van der Waals surface area contributed by atoms with Crippen LogP contribution >= 0.6 is 0 Å². The summed E-state index contributed by atoms with van der Waals surface area (Å²) in [6, 6.07) is 5.33. The number of hydrogen-bond acceptors (Lipinski definition) is 5. The Morgan fingerprint density at radius 1 is 1.33 bits per heavy atom. The standard InChI is InChI=1S/C13H19FN4O2Si/c1-21(2,3)8-7-20-9-18-16-13(15-17-18)10-5-4-6-11(19)12(10)14/h4-6,19H,7-9H2,1-3H3. The molecule has 8 heteroatoms. The fraction of sp³-hybridized carbons (Fsp3) is 0.462. The van der Waals surface area contributed by atoms with Gasteiger partial charge in [0.25, 0.3) is 0 Å². The first-order valence-electron chi connectivity index (χ1n) is 6.70. The molecule has 114 valence electrons. The first-order chi connectivity index (χ1) is 9.87. The van der Waals surface area contributed by atoms with E-state index in [-0.39, 0.29) is 18.1 Å². The first-order valence-corrected chi connectivity index (χ1v) is 10.4. The van der Waals surface area contributed by atoms with Crippen LogP contribution in [0, 0.1) is 5.82 Å². The zero-order valence-electron chi connectivity index (χ0n) is 12.4. The Kier molecular flexibility index (Phi) is 4.68. The summed E-state index contributed by atoms with van der Waals surface area (Å²) in [4.78, 5) is 1.27. The molecule has 1 heterocycles. The Bertz CT molecular complexity index is 612. The van der Waals surface area contributed by atoms with Crippen LogP contribution < -0.4 is 0 Å². The number of phenols is 1. The number of benzene rings is 1. The highest BCUT2D eigenvalue weighted by molar-refractivity contribution is 6.76. The lowest BCUT2D eigenvalue weighted by Gasteiger charge is -2.14. The molecule has 0 saturated heterocycles. The Morgan fingerprint density at radius 2 is 2.10 bits per heavy atom. The third kappa shape index (κ3) is 4.33. The summed E-state index contributed by atoms with van der Waals surface area (Å²) in [5.74, 6) is -1.07. The second-order valence-corrected chi connectivity index (χ2v) is 11.6. The lowest BCUT2D eigenvalue weighted by atomic mass is 10.2. The highest BCUT2D eigenvalue weighted by Crippen LogP contribution is 2.25. The van der Waals surface area contributed by atoms with Gasteiger partial charge in [0.15, 0.2) is 18.3 Å². The Labute approximate surface area is 123 Å². The van der Waals surface area contributed by atoms with Crippen molar-refractivity contribution in [1.29, 1.82) is 0 Å². The van der Waals surface area contributed by atoms with Crippen molar-refractivity contribution in [2.24, 2.45) is 0 Å². The van der Waals surface area contributed by atoms with Gasteiger partial charge in [-0.3, -0.25) is 0 Å². The van der Waals surface area contributed by atoms with E-state index < -0.39 is 19.6 Å². The molecule has 0 radical (unpaired) electrons. The summed E-state index contributed by atoms with van der Waals surface area (Å²) in [6.45, 7) is 7.64. The van der Waals surface area contributed by atoms with Gasteiger partial charge in [0.1, 0.15) is 0 Å². The fourth-order valence-electron chi connectivity index (χ4n) is 1.62. The van der Waals surface area contributed by atoms with Crippen molar-refractivity contribution >= 4 is 8.07 Å². The predicted molar refractivity (Wildman–Crippen MR) is 79.0 cm³/mol. The number of halogens is 1. The topological polar surface area (TPSA) is 73.1 Å². The first kappa shape index (κ1) is 15.6. The number of aromatic nitrogens is 4. The average molecular weight is 310 g/mol. The number of hydrogen-bond donors (Lipinski definition) is 1. The quantitative estimate of drug-likeness (QED) is 0.655. The van der Waals surface area contributed by atoms with Crippen LogP contribution in [0.2, 0.25) is 25.7 Å². The Hall–Kier alpha value is -1.80. The molecular weight excluding hydrogens is 291 g/mol. The average Bonchev–Trinajstić information content (AvgIpc) is 2.85. The number of phenolic OH excluding ortho intramolecular Hbond substituents is 1. The van der Waals surface area contributed by atoms with Gasteiger partial charge < -0.3 is 9.84 Å². The maximum absolute atomic E-state index is 13.7. The van der Waals surface area contributed by atoms with Crippen molar-refractivity contribution in [3.8, 4) is 17.1 Å². The van der Waals surface area contributed by atoms with Crippen LogP contribution in [0.4, 0.5) is 4.39 Å². The molecule has 2 aromatic rings. The van der Waals surface area contributed by atoms with Crippen LogP contribution in [-0.2, 0) is 11.5 Å². The third-order valence-corrected chi connectivity index (χ3v) is 4.58. The summed E-state index contributed by atoms with van der Waals surface area (Å²) < 4.78 is 19.2. The van der Waals surface area contributed by atoms with E-state index in [1.54, 1.807) is 0 Å². The molecule has 0 amide bonds. The van der Waals surface area contributed by atoms with Gasteiger partial charge in [-0.15, -0.1) is 15.0 Å². The minimum Gasteiger partial charge on any atom is -0.505 e. The van der Waals surface area contributed by atoms with Crippen LogP contribution in [-0.4, -0.2) is 40.0 Å². The molecule has 0 bridgehead atoms. The molecule has 2 rings (SSSR count). The highest BCUT2D eigenvalue weighted by Gasteiger charge is 2.15. The van der Waals surface area contributed by atoms with Gasteiger partial charge in [0, 0.05) is 14.7 Å². The largest absolute Gasteiger partial charge is 0.505 e. The minimum absolute atomic E-state index is 0.114. The van der Waals surface area contributed by atoms with Gasteiger partial charge in [0.05, 0.1) is 5.56 Å². The molecule has 6 nitrogen and oxygen atoms in total. The van der Waals surface area contributed by atoms with Crippen molar-refractivity contribution in [2.75, 3.05) is 6.61 Å². The Morgan fingerprint density at radius 3 is 2.81 bits per heavy atom. The van der Waals surface area contributed by atoms with Crippen LogP contribution in [0.3, 0.4) is 0 Å².